The van der Waals surface area contributed by atoms with Crippen LogP contribution in [0.25, 0.3) is 0 Å². The lowest BCUT2D eigenvalue weighted by atomic mass is 9.99. The number of hydrogen-bond acceptors (Lipinski definition) is 3. The number of benzene rings is 1. The number of hydrogen-bond donors (Lipinski definition) is 0. The summed E-state index contributed by atoms with van der Waals surface area (Å²) in [6.07, 6.45) is -4.26. The number of Topliss-reactive ketones (excluding diaryl/α,β-unsaturated/α-hetero) is 1. The molecule has 0 aliphatic carbocycles. The Morgan fingerprint density at radius 1 is 1.14 bits per heavy atom. The molecule has 1 rings (SSSR count). The van der Waals surface area contributed by atoms with Crippen molar-refractivity contribution in [1.82, 2.24) is 0 Å². The van der Waals surface area contributed by atoms with Gasteiger partial charge in [0.25, 0.3) is 0 Å². The first-order valence-corrected chi connectivity index (χ1v) is 6.22. The molecule has 0 radical (unpaired) electrons. The van der Waals surface area contributed by atoms with Gasteiger partial charge in [0.15, 0.2) is 5.78 Å². The molecule has 0 saturated carbocycles. The third-order valence-corrected chi connectivity index (χ3v) is 2.85. The zero-order valence-electron chi connectivity index (χ0n) is 11.3. The minimum absolute atomic E-state index is 0.0966. The molecular weight excluding hydrogens is 292 g/mol. The van der Waals surface area contributed by atoms with Gasteiger partial charge in [0, 0.05) is 18.4 Å². The topological polar surface area (TPSA) is 43.4 Å². The molecule has 0 heterocycles. The number of unbranched alkanes of at least 4 members (excludes halogenated alkanes) is 1. The van der Waals surface area contributed by atoms with Crippen LogP contribution in [0.4, 0.5) is 17.6 Å². The van der Waals surface area contributed by atoms with Crippen molar-refractivity contribution in [3.8, 4) is 0 Å². The number of ether oxygens (including phenoxy) is 1. The highest BCUT2D eigenvalue weighted by molar-refractivity contribution is 5.97. The monoisotopic (exact) mass is 306 g/mol. The van der Waals surface area contributed by atoms with E-state index in [1.54, 1.807) is 0 Å². The van der Waals surface area contributed by atoms with Gasteiger partial charge in [-0.05, 0) is 31.0 Å². The van der Waals surface area contributed by atoms with Gasteiger partial charge in [0.2, 0.25) is 0 Å². The number of rotatable bonds is 6. The van der Waals surface area contributed by atoms with Crippen molar-refractivity contribution in [2.24, 2.45) is 0 Å². The molecule has 7 heteroatoms. The quantitative estimate of drug-likeness (QED) is 0.348. The molecule has 1 aromatic rings. The molecule has 0 aromatic heterocycles. The van der Waals surface area contributed by atoms with Gasteiger partial charge in [-0.2, -0.15) is 13.2 Å². The van der Waals surface area contributed by atoms with Crippen LogP contribution in [0.5, 0.6) is 0 Å². The Balaban J connectivity index is 2.72. The van der Waals surface area contributed by atoms with E-state index >= 15 is 0 Å². The number of ketones is 1. The van der Waals surface area contributed by atoms with Crippen molar-refractivity contribution in [1.29, 1.82) is 0 Å². The van der Waals surface area contributed by atoms with Gasteiger partial charge in [-0.15, -0.1) is 0 Å². The van der Waals surface area contributed by atoms with Crippen molar-refractivity contribution in [2.45, 2.75) is 31.9 Å². The van der Waals surface area contributed by atoms with Crippen LogP contribution in [-0.2, 0) is 15.7 Å². The average molecular weight is 306 g/mol. The molecule has 0 aliphatic rings. The molecule has 0 fully saturated rings. The summed E-state index contributed by atoms with van der Waals surface area (Å²) in [6, 6.07) is 1.96. The van der Waals surface area contributed by atoms with Gasteiger partial charge in [0.05, 0.1) is 12.7 Å². The fraction of sp³-hybridized carbons (Fsp3) is 0.429. The smallest absolute Gasteiger partial charge is 0.417 e. The van der Waals surface area contributed by atoms with E-state index in [9.17, 15) is 27.2 Å². The SMILES string of the molecule is COC(=O)CCCCC(=O)c1ccc(F)cc1C(F)(F)F. The van der Waals surface area contributed by atoms with Crippen LogP contribution >= 0.6 is 0 Å². The maximum absolute atomic E-state index is 12.9. The first kappa shape index (κ1) is 17.1. The predicted octanol–water partition coefficient (Wildman–Crippen LogP) is 3.76. The van der Waals surface area contributed by atoms with E-state index in [0.29, 0.717) is 12.5 Å². The molecule has 0 bridgehead atoms. The van der Waals surface area contributed by atoms with E-state index in [4.69, 9.17) is 0 Å². The molecule has 21 heavy (non-hydrogen) atoms. The first-order chi connectivity index (χ1) is 9.75. The maximum atomic E-state index is 12.9. The molecule has 0 N–H and O–H groups in total. The largest absolute Gasteiger partial charge is 0.469 e. The second-order valence-corrected chi connectivity index (χ2v) is 4.39. The van der Waals surface area contributed by atoms with Gasteiger partial charge >= 0.3 is 12.1 Å². The van der Waals surface area contributed by atoms with Crippen molar-refractivity contribution in [3.63, 3.8) is 0 Å². The molecule has 3 nitrogen and oxygen atoms in total. The molecule has 1 aromatic carbocycles. The fourth-order valence-corrected chi connectivity index (χ4v) is 1.79. The van der Waals surface area contributed by atoms with E-state index in [1.807, 2.05) is 0 Å². The van der Waals surface area contributed by atoms with Gasteiger partial charge in [-0.1, -0.05) is 0 Å². The summed E-state index contributed by atoms with van der Waals surface area (Å²) in [7, 11) is 1.22. The number of methoxy groups -OCH3 is 1. The van der Waals surface area contributed by atoms with Crippen LogP contribution in [0.3, 0.4) is 0 Å². The number of esters is 1. The van der Waals surface area contributed by atoms with Crippen molar-refractivity contribution in [3.05, 3.63) is 35.1 Å². The Morgan fingerprint density at radius 2 is 1.76 bits per heavy atom. The Morgan fingerprint density at radius 3 is 2.33 bits per heavy atom. The van der Waals surface area contributed by atoms with E-state index < -0.39 is 34.9 Å². The van der Waals surface area contributed by atoms with Crippen molar-refractivity contribution in [2.75, 3.05) is 7.11 Å². The van der Waals surface area contributed by atoms with Gasteiger partial charge in [0.1, 0.15) is 5.82 Å². The highest BCUT2D eigenvalue weighted by atomic mass is 19.4. The first-order valence-electron chi connectivity index (χ1n) is 6.22. The molecular formula is C14H14F4O3. The summed E-state index contributed by atoms with van der Waals surface area (Å²) in [5.74, 6) is -2.23. The summed E-state index contributed by atoms with van der Waals surface area (Å²) in [5.41, 5.74) is -1.83. The van der Waals surface area contributed by atoms with Crippen LogP contribution in [0, 0.1) is 5.82 Å². The normalized spacial score (nSPS) is 11.3. The van der Waals surface area contributed by atoms with Gasteiger partial charge in [-0.25, -0.2) is 4.39 Å². The van der Waals surface area contributed by atoms with Gasteiger partial charge < -0.3 is 4.74 Å². The third kappa shape index (κ3) is 5.17. The maximum Gasteiger partial charge on any atom is 0.417 e. The number of carbonyl (C=O) groups is 2. The third-order valence-electron chi connectivity index (χ3n) is 2.85. The van der Waals surface area contributed by atoms with Crippen molar-refractivity contribution < 1.29 is 31.9 Å². The highest BCUT2D eigenvalue weighted by Gasteiger charge is 2.35. The summed E-state index contributed by atoms with van der Waals surface area (Å²) >= 11 is 0. The second-order valence-electron chi connectivity index (χ2n) is 4.39. The lowest BCUT2D eigenvalue weighted by Gasteiger charge is -2.12. The molecule has 0 saturated heterocycles. The van der Waals surface area contributed by atoms with Crippen LogP contribution in [0.1, 0.15) is 41.6 Å². The Hall–Kier alpha value is -1.92. The molecule has 0 amide bonds. The number of halogens is 4. The van der Waals surface area contributed by atoms with Crippen molar-refractivity contribution >= 4 is 11.8 Å². The molecule has 0 atom stereocenters. The molecule has 0 aliphatic heterocycles. The average Bonchev–Trinajstić information content (AvgIpc) is 2.41. The van der Waals surface area contributed by atoms with E-state index in [0.717, 1.165) is 12.1 Å². The highest BCUT2D eigenvalue weighted by Crippen LogP contribution is 2.33. The van der Waals surface area contributed by atoms with E-state index in [1.165, 1.54) is 7.11 Å². The van der Waals surface area contributed by atoms with Crippen LogP contribution in [0.2, 0.25) is 0 Å². The lowest BCUT2D eigenvalue weighted by molar-refractivity contribution is -0.140. The molecule has 0 spiro atoms. The van der Waals surface area contributed by atoms with Crippen LogP contribution in [-0.4, -0.2) is 18.9 Å². The summed E-state index contributed by atoms with van der Waals surface area (Å²) in [4.78, 5) is 22.7. The van der Waals surface area contributed by atoms with Gasteiger partial charge in [-0.3, -0.25) is 9.59 Å². The Labute approximate surface area is 118 Å². The lowest BCUT2D eigenvalue weighted by Crippen LogP contribution is -2.13. The summed E-state index contributed by atoms with van der Waals surface area (Å²) in [5, 5.41) is 0. The second kappa shape index (κ2) is 7.19. The standard InChI is InChI=1S/C14H14F4O3/c1-21-13(20)5-3-2-4-12(19)10-7-6-9(15)8-11(10)14(16,17)18/h6-8H,2-5H2,1H3. The fourth-order valence-electron chi connectivity index (χ4n) is 1.79. The predicted molar refractivity (Wildman–Crippen MR) is 66.2 cm³/mol. The minimum Gasteiger partial charge on any atom is -0.469 e. The zero-order chi connectivity index (χ0) is 16.0. The summed E-state index contributed by atoms with van der Waals surface area (Å²) < 4.78 is 55.6. The minimum atomic E-state index is -4.79. The van der Waals surface area contributed by atoms with E-state index in [2.05, 4.69) is 4.74 Å². The Kier molecular flexibility index (Phi) is 5.87. The number of carbonyl (C=O) groups excluding carboxylic acids is 2. The Bertz CT molecular complexity index is 523. The van der Waals surface area contributed by atoms with E-state index in [-0.39, 0.29) is 19.3 Å². The number of alkyl halides is 3. The molecule has 116 valence electrons. The van der Waals surface area contributed by atoms with Crippen LogP contribution in [0.15, 0.2) is 18.2 Å². The molecule has 0 unspecified atom stereocenters. The van der Waals surface area contributed by atoms with Crippen LogP contribution < -0.4 is 0 Å². The zero-order valence-corrected chi connectivity index (χ0v) is 11.3. The summed E-state index contributed by atoms with van der Waals surface area (Å²) in [6.45, 7) is 0.